The van der Waals surface area contributed by atoms with Crippen molar-refractivity contribution in [3.8, 4) is 0 Å². The van der Waals surface area contributed by atoms with Crippen molar-refractivity contribution in [1.29, 1.82) is 0 Å². The van der Waals surface area contributed by atoms with Gasteiger partial charge in [-0.15, -0.1) is 6.58 Å². The number of alkyl halides is 1. The normalized spacial score (nSPS) is 38.9. The third kappa shape index (κ3) is 1.75. The van der Waals surface area contributed by atoms with Gasteiger partial charge in [0.15, 0.2) is 0 Å². The first-order chi connectivity index (χ1) is 9.77. The Hall–Kier alpha value is -0.460. The van der Waals surface area contributed by atoms with Crippen molar-refractivity contribution in [3.63, 3.8) is 0 Å². The van der Waals surface area contributed by atoms with Gasteiger partial charge in [-0.3, -0.25) is 9.69 Å². The Labute approximate surface area is 138 Å². The molecule has 2 bridgehead atoms. The van der Waals surface area contributed by atoms with E-state index in [1.165, 1.54) is 6.08 Å². The van der Waals surface area contributed by atoms with Gasteiger partial charge in [0.2, 0.25) is 5.91 Å². The van der Waals surface area contributed by atoms with Crippen LogP contribution in [0.3, 0.4) is 0 Å². The number of carbonyl (C=O) groups excluding carboxylic acids is 1. The molecule has 3 rings (SSSR count). The SMILES string of the molecule is C=C[C@H](O)[C@@H](Br)C(=O)N1C(=S)O[C@@H]2C[C@H]3CC[C@]21C3(C)C. The number of carbonyl (C=O) groups is 1. The van der Waals surface area contributed by atoms with Gasteiger partial charge >= 0.3 is 0 Å². The van der Waals surface area contributed by atoms with Gasteiger partial charge in [0.25, 0.3) is 5.17 Å². The van der Waals surface area contributed by atoms with Gasteiger partial charge in [0.05, 0.1) is 11.6 Å². The fourth-order valence-electron chi connectivity index (χ4n) is 4.57. The third-order valence-corrected chi connectivity index (χ3v) is 7.08. The first kappa shape index (κ1) is 15.4. The minimum Gasteiger partial charge on any atom is -0.465 e. The van der Waals surface area contributed by atoms with E-state index >= 15 is 0 Å². The number of hydrogen-bond acceptors (Lipinski definition) is 4. The highest BCUT2D eigenvalue weighted by Gasteiger charge is 2.73. The summed E-state index contributed by atoms with van der Waals surface area (Å²) in [5.74, 6) is 0.324. The minimum absolute atomic E-state index is 0.0109. The molecule has 1 spiro atoms. The lowest BCUT2D eigenvalue weighted by Gasteiger charge is -2.42. The highest BCUT2D eigenvalue weighted by atomic mass is 79.9. The largest absolute Gasteiger partial charge is 0.465 e. The maximum atomic E-state index is 12.9. The standard InChI is InChI=1S/C15H20BrNO3S/c1-4-9(18)11(16)12(19)17-13(21)20-10-7-8-5-6-15(10,17)14(8,2)3/h4,8-11,18H,1,5-7H2,2-3H3/t8-,9+,10-,11-,15-/m1/s1. The number of aliphatic hydroxyl groups excluding tert-OH is 1. The molecule has 0 aromatic carbocycles. The number of thiocarbonyl (C=S) groups is 1. The molecule has 1 saturated heterocycles. The van der Waals surface area contributed by atoms with Crippen LogP contribution in [0.25, 0.3) is 0 Å². The second-order valence-corrected chi connectivity index (χ2v) is 8.13. The number of fused-ring (bicyclic) bond motifs is 1. The quantitative estimate of drug-likeness (QED) is 0.468. The van der Waals surface area contributed by atoms with Crippen LogP contribution < -0.4 is 0 Å². The summed E-state index contributed by atoms with van der Waals surface area (Å²) in [6.07, 6.45) is 3.35. The maximum Gasteiger partial charge on any atom is 0.267 e. The van der Waals surface area contributed by atoms with Crippen LogP contribution in [0.1, 0.15) is 33.1 Å². The highest BCUT2D eigenvalue weighted by Crippen LogP contribution is 2.66. The average molecular weight is 374 g/mol. The molecule has 0 aromatic heterocycles. The zero-order chi connectivity index (χ0) is 15.6. The lowest BCUT2D eigenvalue weighted by Crippen LogP contribution is -2.59. The molecule has 4 nitrogen and oxygen atoms in total. The zero-order valence-corrected chi connectivity index (χ0v) is 14.6. The molecule has 5 atom stereocenters. The smallest absolute Gasteiger partial charge is 0.267 e. The molecule has 0 unspecified atom stereocenters. The Balaban J connectivity index is 2.00. The second kappa shape index (κ2) is 4.77. The summed E-state index contributed by atoms with van der Waals surface area (Å²) in [6.45, 7) is 7.94. The summed E-state index contributed by atoms with van der Waals surface area (Å²) in [5, 5.41) is 10.1. The van der Waals surface area contributed by atoms with E-state index in [0.717, 1.165) is 19.3 Å². The van der Waals surface area contributed by atoms with Gasteiger partial charge in [-0.1, -0.05) is 35.9 Å². The van der Waals surface area contributed by atoms with E-state index in [-0.39, 0.29) is 28.1 Å². The van der Waals surface area contributed by atoms with Crippen molar-refractivity contribution >= 4 is 39.2 Å². The first-order valence-electron chi connectivity index (χ1n) is 7.26. The number of nitrogens with zero attached hydrogens (tertiary/aromatic N) is 1. The molecule has 1 N–H and O–H groups in total. The Kier molecular flexibility index (Phi) is 3.50. The summed E-state index contributed by atoms with van der Waals surface area (Å²) in [7, 11) is 0. The van der Waals surface area contributed by atoms with Crippen LogP contribution in [-0.4, -0.2) is 43.7 Å². The van der Waals surface area contributed by atoms with Crippen molar-refractivity contribution in [2.45, 2.75) is 55.7 Å². The molecule has 116 valence electrons. The third-order valence-electron chi connectivity index (χ3n) is 5.86. The van der Waals surface area contributed by atoms with Crippen LogP contribution in [0.2, 0.25) is 0 Å². The van der Waals surface area contributed by atoms with Crippen molar-refractivity contribution in [1.82, 2.24) is 4.90 Å². The Bertz CT molecular complexity index is 523. The summed E-state index contributed by atoms with van der Waals surface area (Å²) < 4.78 is 5.85. The molecule has 6 heteroatoms. The molecule has 1 aliphatic heterocycles. The van der Waals surface area contributed by atoms with Crippen LogP contribution in [0, 0.1) is 11.3 Å². The van der Waals surface area contributed by atoms with Crippen LogP contribution in [0.15, 0.2) is 12.7 Å². The van der Waals surface area contributed by atoms with Gasteiger partial charge in [-0.2, -0.15) is 0 Å². The van der Waals surface area contributed by atoms with E-state index in [9.17, 15) is 9.90 Å². The number of ether oxygens (including phenoxy) is 1. The molecule has 2 saturated carbocycles. The maximum absolute atomic E-state index is 12.9. The molecular formula is C15H20BrNO3S. The van der Waals surface area contributed by atoms with Crippen LogP contribution in [0.5, 0.6) is 0 Å². The van der Waals surface area contributed by atoms with Gasteiger partial charge in [0.1, 0.15) is 10.9 Å². The number of hydrogen-bond donors (Lipinski definition) is 1. The van der Waals surface area contributed by atoms with Crippen LogP contribution >= 0.6 is 28.1 Å². The molecule has 1 heterocycles. The van der Waals surface area contributed by atoms with Crippen molar-refractivity contribution in [2.24, 2.45) is 11.3 Å². The second-order valence-electron chi connectivity index (χ2n) is 6.79. The van der Waals surface area contributed by atoms with Crippen LogP contribution in [-0.2, 0) is 9.53 Å². The Morgan fingerprint density at radius 1 is 1.67 bits per heavy atom. The fourth-order valence-corrected chi connectivity index (χ4v) is 5.36. The molecule has 0 radical (unpaired) electrons. The van der Waals surface area contributed by atoms with E-state index in [1.54, 1.807) is 4.90 Å². The van der Waals surface area contributed by atoms with Crippen LogP contribution in [0.4, 0.5) is 0 Å². The highest BCUT2D eigenvalue weighted by molar-refractivity contribution is 9.10. The van der Waals surface area contributed by atoms with E-state index in [4.69, 9.17) is 17.0 Å². The fraction of sp³-hybridized carbons (Fsp3) is 0.733. The number of amides is 1. The molecule has 1 amide bonds. The van der Waals surface area contributed by atoms with Crippen molar-refractivity contribution in [2.75, 3.05) is 0 Å². The number of rotatable bonds is 3. The average Bonchev–Trinajstić information content (AvgIpc) is 2.96. The van der Waals surface area contributed by atoms with Crippen molar-refractivity contribution in [3.05, 3.63) is 12.7 Å². The Morgan fingerprint density at radius 3 is 2.90 bits per heavy atom. The lowest BCUT2D eigenvalue weighted by atomic mass is 9.74. The predicted molar refractivity (Wildman–Crippen MR) is 87.1 cm³/mol. The number of halogens is 1. The molecule has 2 aliphatic carbocycles. The molecule has 21 heavy (non-hydrogen) atoms. The molecule has 0 aromatic rings. The molecule has 3 aliphatic rings. The molecular weight excluding hydrogens is 354 g/mol. The summed E-state index contributed by atoms with van der Waals surface area (Å²) >= 11 is 8.61. The summed E-state index contributed by atoms with van der Waals surface area (Å²) in [4.78, 5) is 13.8. The van der Waals surface area contributed by atoms with E-state index in [1.807, 2.05) is 0 Å². The van der Waals surface area contributed by atoms with Crippen molar-refractivity contribution < 1.29 is 14.6 Å². The predicted octanol–water partition coefficient (Wildman–Crippen LogP) is 2.39. The minimum atomic E-state index is -0.947. The lowest BCUT2D eigenvalue weighted by molar-refractivity contribution is -0.134. The monoisotopic (exact) mass is 373 g/mol. The van der Waals surface area contributed by atoms with Gasteiger partial charge in [-0.25, -0.2) is 0 Å². The van der Waals surface area contributed by atoms with E-state index in [0.29, 0.717) is 5.92 Å². The van der Waals surface area contributed by atoms with Gasteiger partial charge in [0, 0.05) is 0 Å². The van der Waals surface area contributed by atoms with E-state index in [2.05, 4.69) is 36.4 Å². The molecule has 3 fully saturated rings. The topological polar surface area (TPSA) is 49.8 Å². The summed E-state index contributed by atoms with van der Waals surface area (Å²) in [6, 6.07) is 0. The van der Waals surface area contributed by atoms with E-state index < -0.39 is 10.9 Å². The van der Waals surface area contributed by atoms with Gasteiger partial charge < -0.3 is 9.84 Å². The first-order valence-corrected chi connectivity index (χ1v) is 8.59. The number of aliphatic hydroxyl groups is 1. The van der Waals surface area contributed by atoms with Gasteiger partial charge in [-0.05, 0) is 42.8 Å². The zero-order valence-electron chi connectivity index (χ0n) is 12.2. The summed E-state index contributed by atoms with van der Waals surface area (Å²) in [5.41, 5.74) is -0.390. The Morgan fingerprint density at radius 2 is 2.33 bits per heavy atom.